The van der Waals surface area contributed by atoms with E-state index in [1.807, 2.05) is 0 Å². The van der Waals surface area contributed by atoms with Gasteiger partial charge in [0.1, 0.15) is 6.61 Å². The molecular weight excluding hydrogens is 884 g/mol. The third-order valence-corrected chi connectivity index (χ3v) is 14.5. The van der Waals surface area contributed by atoms with E-state index in [-0.39, 0.29) is 63.0 Å². The first kappa shape index (κ1) is 64.0. The molecule has 0 aliphatic carbocycles. The van der Waals surface area contributed by atoms with E-state index in [4.69, 9.17) is 32.5 Å². The molecule has 0 aromatic carbocycles. The van der Waals surface area contributed by atoms with E-state index in [1.165, 1.54) is 128 Å². The first-order chi connectivity index (χ1) is 33.2. The summed E-state index contributed by atoms with van der Waals surface area (Å²) in [4.78, 5) is 51.6. The predicted molar refractivity (Wildman–Crippen MR) is 273 cm³/mol. The van der Waals surface area contributed by atoms with Crippen LogP contribution in [0.15, 0.2) is 0 Å². The monoisotopic (exact) mass is 987 g/mol. The standard InChI is InChI=1S/C55H103O12P/c1-5-9-13-17-21-29-37-49(38-30-22-18-14-10-6-2)54(58)61-43-35-27-25-33-41-52(56)63-47-51(48-66-68(60)64-45-46-65-68)67-53(57)42-34-26-28-36-44-62-55(59)50(39-31-23-19-15-11-7-3)40-32-24-20-16-12-8-4/h49-51H,5-48H2,1-4H3/t51-/m0/s1. The topological polar surface area (TPSA) is 150 Å². The number of hydrogen-bond acceptors (Lipinski definition) is 12. The van der Waals surface area contributed by atoms with Crippen molar-refractivity contribution in [2.75, 3.05) is 39.6 Å². The zero-order valence-electron chi connectivity index (χ0n) is 44.2. The fourth-order valence-corrected chi connectivity index (χ4v) is 9.85. The van der Waals surface area contributed by atoms with Crippen LogP contribution in [-0.2, 0) is 56.3 Å². The van der Waals surface area contributed by atoms with E-state index in [1.54, 1.807) is 0 Å². The number of carbonyl (C=O) groups excluding carboxylic acids is 4. The Kier molecular flexibility index (Phi) is 43.4. The van der Waals surface area contributed by atoms with Crippen LogP contribution >= 0.6 is 7.82 Å². The summed E-state index contributed by atoms with van der Waals surface area (Å²) in [6, 6.07) is 0. The van der Waals surface area contributed by atoms with Gasteiger partial charge in [-0.2, -0.15) is 0 Å². The Bertz CT molecular complexity index is 1220. The van der Waals surface area contributed by atoms with E-state index >= 15 is 0 Å². The van der Waals surface area contributed by atoms with Crippen LogP contribution in [-0.4, -0.2) is 69.6 Å². The van der Waals surface area contributed by atoms with Crippen molar-refractivity contribution in [2.45, 2.75) is 278 Å². The molecular formula is C55H103O12P. The molecule has 0 saturated carbocycles. The normalized spacial score (nSPS) is 13.9. The third kappa shape index (κ3) is 37.8. The molecule has 1 fully saturated rings. The second-order valence-electron chi connectivity index (χ2n) is 19.5. The lowest BCUT2D eigenvalue weighted by molar-refractivity contribution is -0.161. The highest BCUT2D eigenvalue weighted by molar-refractivity contribution is 7.48. The average molecular weight is 987 g/mol. The minimum atomic E-state index is -3.75. The van der Waals surface area contributed by atoms with Gasteiger partial charge in [-0.15, -0.1) is 0 Å². The van der Waals surface area contributed by atoms with Crippen molar-refractivity contribution in [1.82, 2.24) is 0 Å². The summed E-state index contributed by atoms with van der Waals surface area (Å²) < 4.78 is 50.8. The summed E-state index contributed by atoms with van der Waals surface area (Å²) in [5.41, 5.74) is 0. The SMILES string of the molecule is CCCCCCCCC(CCCCCCCC)C(=O)OCCCCCCC(=O)OC[C@@H](COP1(=O)OCCO1)OC(=O)CCCCCCOC(=O)C(CCCCCCCC)CCCCCCCC. The summed E-state index contributed by atoms with van der Waals surface area (Å²) in [7, 11) is -3.75. The lowest BCUT2D eigenvalue weighted by Crippen LogP contribution is -2.29. The zero-order valence-corrected chi connectivity index (χ0v) is 45.1. The maximum absolute atomic E-state index is 13.1. The van der Waals surface area contributed by atoms with E-state index in [0.29, 0.717) is 26.1 Å². The van der Waals surface area contributed by atoms with E-state index < -0.39 is 25.9 Å². The first-order valence-electron chi connectivity index (χ1n) is 28.4. The highest BCUT2D eigenvalue weighted by Crippen LogP contribution is 2.52. The van der Waals surface area contributed by atoms with Crippen molar-refractivity contribution in [3.05, 3.63) is 0 Å². The number of hydrogen-bond donors (Lipinski definition) is 0. The molecule has 0 N–H and O–H groups in total. The van der Waals surface area contributed by atoms with E-state index in [9.17, 15) is 23.7 Å². The van der Waals surface area contributed by atoms with Gasteiger partial charge in [-0.05, 0) is 51.4 Å². The molecule has 12 nitrogen and oxygen atoms in total. The van der Waals surface area contributed by atoms with Crippen molar-refractivity contribution in [3.8, 4) is 0 Å². The number of rotatable bonds is 50. The smallest absolute Gasteiger partial charge is 0.465 e. The minimum absolute atomic E-state index is 0.0126. The van der Waals surface area contributed by atoms with Crippen LogP contribution in [0.25, 0.3) is 0 Å². The zero-order chi connectivity index (χ0) is 49.6. The Morgan fingerprint density at radius 3 is 1.15 bits per heavy atom. The Hall–Kier alpha value is -2.01. The number of unbranched alkanes of at least 4 members (excludes halogenated alkanes) is 26. The van der Waals surface area contributed by atoms with Crippen molar-refractivity contribution in [3.63, 3.8) is 0 Å². The summed E-state index contributed by atoms with van der Waals surface area (Å²) >= 11 is 0. The molecule has 1 atom stereocenters. The van der Waals surface area contributed by atoms with Crippen LogP contribution < -0.4 is 0 Å². The van der Waals surface area contributed by atoms with Gasteiger partial charge in [-0.3, -0.25) is 32.7 Å². The summed E-state index contributed by atoms with van der Waals surface area (Å²) in [5, 5.41) is 0. The van der Waals surface area contributed by atoms with Gasteiger partial charge in [-0.25, -0.2) is 4.57 Å². The maximum atomic E-state index is 13.1. The van der Waals surface area contributed by atoms with Crippen LogP contribution in [0, 0.1) is 11.8 Å². The summed E-state index contributed by atoms with van der Waals surface area (Å²) in [6.07, 6.45) is 37.9. The van der Waals surface area contributed by atoms with Crippen LogP contribution in [0.4, 0.5) is 0 Å². The fraction of sp³-hybridized carbons (Fsp3) is 0.927. The Morgan fingerprint density at radius 1 is 0.412 bits per heavy atom. The molecule has 68 heavy (non-hydrogen) atoms. The highest BCUT2D eigenvalue weighted by atomic mass is 31.2. The summed E-state index contributed by atoms with van der Waals surface area (Å²) in [5.74, 6) is -1.05. The highest BCUT2D eigenvalue weighted by Gasteiger charge is 2.34. The molecule has 1 heterocycles. The summed E-state index contributed by atoms with van der Waals surface area (Å²) in [6.45, 7) is 9.40. The number of carbonyl (C=O) groups is 4. The lowest BCUT2D eigenvalue weighted by atomic mass is 9.94. The van der Waals surface area contributed by atoms with Gasteiger partial charge < -0.3 is 18.9 Å². The molecule has 0 spiro atoms. The van der Waals surface area contributed by atoms with Crippen LogP contribution in [0.3, 0.4) is 0 Å². The predicted octanol–water partition coefficient (Wildman–Crippen LogP) is 15.8. The van der Waals surface area contributed by atoms with Gasteiger partial charge in [0.25, 0.3) is 0 Å². The molecule has 13 heteroatoms. The molecule has 1 saturated heterocycles. The lowest BCUT2D eigenvalue weighted by Gasteiger charge is -2.19. The average Bonchev–Trinajstić information content (AvgIpc) is 3.78. The number of ether oxygens (including phenoxy) is 4. The van der Waals surface area contributed by atoms with E-state index in [0.717, 1.165) is 89.9 Å². The van der Waals surface area contributed by atoms with Gasteiger partial charge in [-0.1, -0.05) is 207 Å². The molecule has 1 aliphatic rings. The molecule has 1 rings (SSSR count). The van der Waals surface area contributed by atoms with Gasteiger partial charge >= 0.3 is 31.7 Å². The van der Waals surface area contributed by atoms with Crippen LogP contribution in [0.5, 0.6) is 0 Å². The molecule has 1 aliphatic heterocycles. The second kappa shape index (κ2) is 46.1. The second-order valence-corrected chi connectivity index (χ2v) is 21.2. The molecule has 0 amide bonds. The molecule has 0 radical (unpaired) electrons. The molecule has 0 aromatic heterocycles. The minimum Gasteiger partial charge on any atom is -0.465 e. The fourth-order valence-electron chi connectivity index (χ4n) is 8.68. The Morgan fingerprint density at radius 2 is 0.750 bits per heavy atom. The van der Waals surface area contributed by atoms with Gasteiger partial charge in [0.2, 0.25) is 0 Å². The Balaban J connectivity index is 2.42. The van der Waals surface area contributed by atoms with Gasteiger partial charge in [0.05, 0.1) is 44.9 Å². The molecule has 400 valence electrons. The van der Waals surface area contributed by atoms with Crippen molar-refractivity contribution < 1.29 is 56.3 Å². The molecule has 0 unspecified atom stereocenters. The van der Waals surface area contributed by atoms with Crippen molar-refractivity contribution in [1.29, 1.82) is 0 Å². The maximum Gasteiger partial charge on any atom is 0.475 e. The number of phosphoric acid groups is 1. The largest absolute Gasteiger partial charge is 0.475 e. The quantitative estimate of drug-likeness (QED) is 0.0247. The van der Waals surface area contributed by atoms with Crippen LogP contribution in [0.1, 0.15) is 272 Å². The first-order valence-corrected chi connectivity index (χ1v) is 29.9. The number of esters is 4. The molecule has 0 aromatic rings. The van der Waals surface area contributed by atoms with Gasteiger partial charge in [0.15, 0.2) is 6.10 Å². The van der Waals surface area contributed by atoms with E-state index in [2.05, 4.69) is 27.7 Å². The van der Waals surface area contributed by atoms with Gasteiger partial charge in [0, 0.05) is 12.8 Å². The van der Waals surface area contributed by atoms with Crippen molar-refractivity contribution in [2.24, 2.45) is 11.8 Å². The number of phosphoric ester groups is 1. The third-order valence-electron chi connectivity index (χ3n) is 13.1. The van der Waals surface area contributed by atoms with Crippen LogP contribution in [0.2, 0.25) is 0 Å². The Labute approximate surface area is 415 Å². The van der Waals surface area contributed by atoms with Crippen molar-refractivity contribution >= 4 is 31.7 Å². The molecule has 0 bridgehead atoms.